The lowest BCUT2D eigenvalue weighted by atomic mass is 10.0. The van der Waals surface area contributed by atoms with Crippen LogP contribution in [0.1, 0.15) is 110 Å². The molecule has 0 aliphatic carbocycles. The highest BCUT2D eigenvalue weighted by Crippen LogP contribution is 2.13. The summed E-state index contributed by atoms with van der Waals surface area (Å²) in [7, 11) is 0. The molecule has 1 unspecified atom stereocenters. The van der Waals surface area contributed by atoms with Crippen molar-refractivity contribution in [3.05, 3.63) is 22.7 Å². The summed E-state index contributed by atoms with van der Waals surface area (Å²) < 4.78 is 13.2. The van der Waals surface area contributed by atoms with Crippen LogP contribution in [-0.4, -0.2) is 46.7 Å². The average Bonchev–Trinajstić information content (AvgIpc) is 2.83. The van der Waals surface area contributed by atoms with Crippen LogP contribution >= 0.6 is 0 Å². The Labute approximate surface area is 207 Å². The van der Waals surface area contributed by atoms with Gasteiger partial charge in [-0.15, -0.1) is 0 Å². The van der Waals surface area contributed by atoms with E-state index in [0.717, 1.165) is 19.4 Å². The number of rotatable bonds is 23. The van der Waals surface area contributed by atoms with Crippen LogP contribution in [0.4, 0.5) is 5.82 Å². The number of aromatic nitrogens is 2. The zero-order valence-electron chi connectivity index (χ0n) is 21.9. The van der Waals surface area contributed by atoms with Crippen molar-refractivity contribution in [3.8, 4) is 0 Å². The lowest BCUT2D eigenvalue weighted by molar-refractivity contribution is -0.0646. The third-order valence-electron chi connectivity index (χ3n) is 6.32. The molecule has 0 aromatic carbocycles. The monoisotopic (exact) mass is 481 g/mol. The van der Waals surface area contributed by atoms with Gasteiger partial charge < -0.3 is 20.3 Å². The first kappa shape index (κ1) is 30.6. The Morgan fingerprint density at radius 3 is 1.94 bits per heavy atom. The molecule has 1 aromatic heterocycles. The first-order valence-electron chi connectivity index (χ1n) is 13.8. The fourth-order valence-electron chi connectivity index (χ4n) is 4.04. The molecule has 7 nitrogen and oxygen atoms in total. The van der Waals surface area contributed by atoms with E-state index in [4.69, 9.17) is 15.2 Å². The molecule has 0 amide bonds. The molecule has 34 heavy (non-hydrogen) atoms. The van der Waals surface area contributed by atoms with Gasteiger partial charge in [-0.05, 0) is 18.9 Å². The number of unbranched alkanes of at least 4 members (excludes halogenated alkanes) is 13. The maximum atomic E-state index is 11.9. The Bertz CT molecular complexity index is 653. The van der Waals surface area contributed by atoms with Gasteiger partial charge in [-0.1, -0.05) is 97.3 Å². The molecule has 0 bridgehead atoms. The van der Waals surface area contributed by atoms with Crippen molar-refractivity contribution in [2.24, 2.45) is 0 Å². The number of hydrogen-bond donors (Lipinski definition) is 2. The lowest BCUT2D eigenvalue weighted by Gasteiger charge is -2.21. The van der Waals surface area contributed by atoms with Gasteiger partial charge in [-0.3, -0.25) is 4.57 Å². The van der Waals surface area contributed by atoms with E-state index in [1.165, 1.54) is 88.0 Å². The van der Waals surface area contributed by atoms with Crippen LogP contribution in [0.25, 0.3) is 0 Å². The Balaban J connectivity index is 2.02. The molecule has 0 radical (unpaired) electrons. The molecule has 2 atom stereocenters. The first-order chi connectivity index (χ1) is 16.6. The third-order valence-corrected chi connectivity index (χ3v) is 6.32. The molecule has 1 aromatic rings. The number of anilines is 1. The van der Waals surface area contributed by atoms with Crippen molar-refractivity contribution in [3.63, 3.8) is 0 Å². The van der Waals surface area contributed by atoms with Crippen LogP contribution in [-0.2, 0) is 16.0 Å². The Hall–Kier alpha value is -1.44. The minimum Gasteiger partial charge on any atom is -0.394 e. The largest absolute Gasteiger partial charge is 0.394 e. The maximum Gasteiger partial charge on any atom is 0.349 e. The fraction of sp³-hybridized carbons (Fsp3) is 0.852. The van der Waals surface area contributed by atoms with E-state index in [0.29, 0.717) is 6.61 Å². The van der Waals surface area contributed by atoms with E-state index in [1.807, 2.05) is 0 Å². The molecule has 0 aliphatic heterocycles. The van der Waals surface area contributed by atoms with Crippen LogP contribution in [0.5, 0.6) is 0 Å². The SMILES string of the molecule is CCCCCCCCCCCCCCCCOC(CC)CO[C@H](CO)Cn1ccc(N)nc1=O. The molecule has 1 heterocycles. The minimum atomic E-state index is -0.484. The number of ether oxygens (including phenoxy) is 2. The van der Waals surface area contributed by atoms with Crippen LogP contribution < -0.4 is 11.4 Å². The Morgan fingerprint density at radius 2 is 1.44 bits per heavy atom. The number of aliphatic hydroxyl groups is 1. The molecule has 0 spiro atoms. The normalized spacial score (nSPS) is 13.3. The quantitative estimate of drug-likeness (QED) is 0.201. The third kappa shape index (κ3) is 15.5. The highest BCUT2D eigenvalue weighted by Gasteiger charge is 2.14. The summed E-state index contributed by atoms with van der Waals surface area (Å²) in [6.45, 7) is 5.54. The number of aliphatic hydroxyl groups excluding tert-OH is 1. The predicted molar refractivity (Wildman–Crippen MR) is 140 cm³/mol. The Kier molecular flexibility index (Phi) is 18.8. The van der Waals surface area contributed by atoms with E-state index < -0.39 is 11.8 Å². The summed E-state index contributed by atoms with van der Waals surface area (Å²) in [6, 6.07) is 1.56. The van der Waals surface area contributed by atoms with Crippen molar-refractivity contribution in [1.29, 1.82) is 0 Å². The molecule has 0 aliphatic rings. The average molecular weight is 482 g/mol. The molecule has 7 heteroatoms. The van der Waals surface area contributed by atoms with Crippen molar-refractivity contribution < 1.29 is 14.6 Å². The summed E-state index contributed by atoms with van der Waals surface area (Å²) in [5.41, 5.74) is 5.07. The van der Waals surface area contributed by atoms with Crippen LogP contribution in [0.3, 0.4) is 0 Å². The molecular formula is C27H51N3O4. The highest BCUT2D eigenvalue weighted by atomic mass is 16.5. The van der Waals surface area contributed by atoms with Gasteiger partial charge in [-0.2, -0.15) is 4.98 Å². The Morgan fingerprint density at radius 1 is 0.882 bits per heavy atom. The smallest absolute Gasteiger partial charge is 0.349 e. The topological polar surface area (TPSA) is 99.6 Å². The second-order valence-electron chi connectivity index (χ2n) is 9.42. The number of nitrogens with zero attached hydrogens (tertiary/aromatic N) is 2. The van der Waals surface area contributed by atoms with Crippen molar-refractivity contribution in [2.75, 3.05) is 25.6 Å². The number of hydrogen-bond acceptors (Lipinski definition) is 6. The van der Waals surface area contributed by atoms with Crippen LogP contribution in [0, 0.1) is 0 Å². The van der Waals surface area contributed by atoms with Gasteiger partial charge in [0.2, 0.25) is 0 Å². The zero-order chi connectivity index (χ0) is 24.9. The zero-order valence-corrected chi connectivity index (χ0v) is 21.9. The van der Waals surface area contributed by atoms with E-state index >= 15 is 0 Å². The number of nitrogens with two attached hydrogens (primary N) is 1. The van der Waals surface area contributed by atoms with E-state index in [9.17, 15) is 9.90 Å². The van der Waals surface area contributed by atoms with Gasteiger partial charge in [-0.25, -0.2) is 4.79 Å². The number of nitrogen functional groups attached to an aromatic ring is 1. The fourth-order valence-corrected chi connectivity index (χ4v) is 4.04. The standard InChI is InChI=1S/C27H51N3O4/c1-3-5-6-7-8-9-10-11-12-13-14-15-16-17-20-33-24(4-2)23-34-25(22-31)21-30-19-18-26(28)29-27(30)32/h18-19,24-25,31H,3-17,20-23H2,1-2H3,(H2,28,29,32)/t24?,25-/m0/s1. The van der Waals surface area contributed by atoms with E-state index in [1.54, 1.807) is 12.3 Å². The van der Waals surface area contributed by atoms with Gasteiger partial charge >= 0.3 is 5.69 Å². The van der Waals surface area contributed by atoms with Gasteiger partial charge in [0.05, 0.1) is 32.0 Å². The summed E-state index contributed by atoms with van der Waals surface area (Å²) in [5.74, 6) is 0.186. The summed E-state index contributed by atoms with van der Waals surface area (Å²) >= 11 is 0. The van der Waals surface area contributed by atoms with Gasteiger partial charge in [0, 0.05) is 12.8 Å². The predicted octanol–water partition coefficient (Wildman–Crippen LogP) is 5.48. The second kappa shape index (κ2) is 20.9. The van der Waals surface area contributed by atoms with E-state index in [-0.39, 0.29) is 25.1 Å². The van der Waals surface area contributed by atoms with Crippen molar-refractivity contribution in [1.82, 2.24) is 9.55 Å². The van der Waals surface area contributed by atoms with Crippen LogP contribution in [0.2, 0.25) is 0 Å². The highest BCUT2D eigenvalue weighted by molar-refractivity contribution is 5.23. The molecule has 198 valence electrons. The maximum absolute atomic E-state index is 11.9. The lowest BCUT2D eigenvalue weighted by Crippen LogP contribution is -2.34. The minimum absolute atomic E-state index is 0.00251. The van der Waals surface area contributed by atoms with Crippen molar-refractivity contribution >= 4 is 5.82 Å². The molecule has 0 saturated carbocycles. The molecule has 0 fully saturated rings. The van der Waals surface area contributed by atoms with Crippen LogP contribution in [0.15, 0.2) is 17.1 Å². The summed E-state index contributed by atoms with van der Waals surface area (Å²) in [6.07, 6.45) is 20.8. The molecule has 1 rings (SSSR count). The summed E-state index contributed by atoms with van der Waals surface area (Å²) in [4.78, 5) is 15.6. The second-order valence-corrected chi connectivity index (χ2v) is 9.42. The first-order valence-corrected chi connectivity index (χ1v) is 13.8. The van der Waals surface area contributed by atoms with Gasteiger partial charge in [0.1, 0.15) is 5.82 Å². The van der Waals surface area contributed by atoms with Gasteiger partial charge in [0.25, 0.3) is 0 Å². The molecule has 0 saturated heterocycles. The summed E-state index contributed by atoms with van der Waals surface area (Å²) in [5, 5.41) is 9.61. The molecular weight excluding hydrogens is 430 g/mol. The van der Waals surface area contributed by atoms with Gasteiger partial charge in [0.15, 0.2) is 0 Å². The van der Waals surface area contributed by atoms with E-state index in [2.05, 4.69) is 18.8 Å². The van der Waals surface area contributed by atoms with Crippen molar-refractivity contribution in [2.45, 2.75) is 129 Å². The molecule has 3 N–H and O–H groups in total.